The van der Waals surface area contributed by atoms with Gasteiger partial charge in [0.2, 0.25) is 0 Å². The van der Waals surface area contributed by atoms with E-state index in [2.05, 4.69) is 27.4 Å². The Morgan fingerprint density at radius 3 is 2.71 bits per heavy atom. The molecule has 0 unspecified atom stereocenters. The third kappa shape index (κ3) is 3.03. The average Bonchev–Trinajstić information content (AvgIpc) is 2.30. The van der Waals surface area contributed by atoms with Crippen LogP contribution in [0.4, 0.5) is 5.69 Å². The maximum absolute atomic E-state index is 4.33. The number of anilines is 1. The highest BCUT2D eigenvalue weighted by atomic mass is 14.9. The molecule has 0 aliphatic carbocycles. The molecule has 2 aromatic rings. The van der Waals surface area contributed by atoms with Gasteiger partial charge in [0.05, 0.1) is 11.4 Å². The summed E-state index contributed by atoms with van der Waals surface area (Å²) in [5, 5.41) is 3.41. The van der Waals surface area contributed by atoms with Gasteiger partial charge in [-0.2, -0.15) is 0 Å². The van der Waals surface area contributed by atoms with E-state index in [0.717, 1.165) is 23.6 Å². The summed E-state index contributed by atoms with van der Waals surface area (Å²) in [6.07, 6.45) is 3.73. The van der Waals surface area contributed by atoms with Gasteiger partial charge in [-0.25, -0.2) is 0 Å². The normalized spacial score (nSPS) is 10.3. The van der Waals surface area contributed by atoms with Crippen LogP contribution < -0.4 is 5.32 Å². The van der Waals surface area contributed by atoms with E-state index in [1.807, 2.05) is 39.2 Å². The van der Waals surface area contributed by atoms with Crippen LogP contribution in [-0.4, -0.2) is 9.97 Å². The molecule has 88 valence electrons. The standard InChI is InChI=1S/C14H17N3/c1-10-6-14(12(3)16-8-10)17-9-13-4-5-15-11(2)7-13/h4-8,17H,9H2,1-3H3. The van der Waals surface area contributed by atoms with Gasteiger partial charge in [0, 0.05) is 24.6 Å². The highest BCUT2D eigenvalue weighted by molar-refractivity contribution is 5.49. The van der Waals surface area contributed by atoms with Crippen LogP contribution in [0.5, 0.6) is 0 Å². The first-order chi connectivity index (χ1) is 8.15. The van der Waals surface area contributed by atoms with Crippen LogP contribution in [-0.2, 0) is 6.54 Å². The Morgan fingerprint density at radius 2 is 1.94 bits per heavy atom. The third-order valence-electron chi connectivity index (χ3n) is 2.67. The molecule has 3 nitrogen and oxygen atoms in total. The summed E-state index contributed by atoms with van der Waals surface area (Å²) in [6.45, 7) is 6.87. The fourth-order valence-corrected chi connectivity index (χ4v) is 1.73. The fraction of sp³-hybridized carbons (Fsp3) is 0.286. The number of hydrogen-bond donors (Lipinski definition) is 1. The molecule has 0 atom stereocenters. The van der Waals surface area contributed by atoms with Gasteiger partial charge >= 0.3 is 0 Å². The minimum Gasteiger partial charge on any atom is -0.379 e. The van der Waals surface area contributed by atoms with Crippen molar-refractivity contribution in [2.75, 3.05) is 5.32 Å². The van der Waals surface area contributed by atoms with E-state index in [9.17, 15) is 0 Å². The van der Waals surface area contributed by atoms with Gasteiger partial charge < -0.3 is 5.32 Å². The van der Waals surface area contributed by atoms with Crippen molar-refractivity contribution < 1.29 is 0 Å². The lowest BCUT2D eigenvalue weighted by atomic mass is 10.2. The SMILES string of the molecule is Cc1cnc(C)c(NCc2ccnc(C)c2)c1. The Morgan fingerprint density at radius 1 is 1.12 bits per heavy atom. The van der Waals surface area contributed by atoms with Crippen molar-refractivity contribution in [1.82, 2.24) is 9.97 Å². The first-order valence-electron chi connectivity index (χ1n) is 5.74. The van der Waals surface area contributed by atoms with Crippen molar-refractivity contribution in [3.63, 3.8) is 0 Å². The largest absolute Gasteiger partial charge is 0.379 e. The van der Waals surface area contributed by atoms with Crippen LogP contribution >= 0.6 is 0 Å². The van der Waals surface area contributed by atoms with Crippen molar-refractivity contribution >= 4 is 5.69 Å². The topological polar surface area (TPSA) is 37.8 Å². The molecule has 0 spiro atoms. The lowest BCUT2D eigenvalue weighted by Gasteiger charge is -2.10. The molecule has 2 heterocycles. The average molecular weight is 227 g/mol. The molecule has 0 aliphatic heterocycles. The first-order valence-corrected chi connectivity index (χ1v) is 5.74. The Hall–Kier alpha value is -1.90. The zero-order valence-electron chi connectivity index (χ0n) is 10.5. The number of nitrogens with one attached hydrogen (secondary N) is 1. The highest BCUT2D eigenvalue weighted by Gasteiger charge is 2.00. The molecular weight excluding hydrogens is 210 g/mol. The van der Waals surface area contributed by atoms with E-state index in [-0.39, 0.29) is 0 Å². The molecule has 0 bridgehead atoms. The van der Waals surface area contributed by atoms with Gasteiger partial charge in [-0.15, -0.1) is 0 Å². The van der Waals surface area contributed by atoms with Crippen LogP contribution in [0.15, 0.2) is 30.6 Å². The number of aryl methyl sites for hydroxylation is 3. The second kappa shape index (κ2) is 4.95. The molecule has 1 N–H and O–H groups in total. The van der Waals surface area contributed by atoms with Gasteiger partial charge in [-0.1, -0.05) is 0 Å². The van der Waals surface area contributed by atoms with Gasteiger partial charge in [-0.05, 0) is 50.1 Å². The molecule has 0 fully saturated rings. The van der Waals surface area contributed by atoms with Crippen LogP contribution in [0.2, 0.25) is 0 Å². The van der Waals surface area contributed by atoms with Crippen molar-refractivity contribution in [2.24, 2.45) is 0 Å². The van der Waals surface area contributed by atoms with E-state index in [0.29, 0.717) is 0 Å². The van der Waals surface area contributed by atoms with E-state index in [1.54, 1.807) is 0 Å². The van der Waals surface area contributed by atoms with Crippen molar-refractivity contribution in [1.29, 1.82) is 0 Å². The minimum absolute atomic E-state index is 0.801. The van der Waals surface area contributed by atoms with Crippen molar-refractivity contribution in [3.8, 4) is 0 Å². The molecular formula is C14H17N3. The molecule has 17 heavy (non-hydrogen) atoms. The molecule has 0 radical (unpaired) electrons. The molecule has 0 saturated heterocycles. The summed E-state index contributed by atoms with van der Waals surface area (Å²) >= 11 is 0. The predicted octanol–water partition coefficient (Wildman–Crippen LogP) is 3.01. The molecule has 3 heteroatoms. The number of pyridine rings is 2. The van der Waals surface area contributed by atoms with Crippen molar-refractivity contribution in [2.45, 2.75) is 27.3 Å². The Bertz CT molecular complexity index is 521. The monoisotopic (exact) mass is 227 g/mol. The molecule has 0 amide bonds. The zero-order chi connectivity index (χ0) is 12.3. The minimum atomic E-state index is 0.801. The summed E-state index contributed by atoms with van der Waals surface area (Å²) in [5.74, 6) is 0. The van der Waals surface area contributed by atoms with Crippen LogP contribution in [0.25, 0.3) is 0 Å². The lowest BCUT2D eigenvalue weighted by Crippen LogP contribution is -2.03. The van der Waals surface area contributed by atoms with Gasteiger partial charge in [0.1, 0.15) is 0 Å². The predicted molar refractivity (Wildman–Crippen MR) is 70.0 cm³/mol. The maximum atomic E-state index is 4.33. The third-order valence-corrected chi connectivity index (χ3v) is 2.67. The molecule has 2 rings (SSSR count). The smallest absolute Gasteiger partial charge is 0.0604 e. The van der Waals surface area contributed by atoms with Crippen LogP contribution in [0.3, 0.4) is 0 Å². The van der Waals surface area contributed by atoms with Crippen molar-refractivity contribution in [3.05, 3.63) is 53.1 Å². The number of rotatable bonds is 3. The van der Waals surface area contributed by atoms with E-state index < -0.39 is 0 Å². The second-order valence-electron chi connectivity index (χ2n) is 4.30. The van der Waals surface area contributed by atoms with Gasteiger partial charge in [0.25, 0.3) is 0 Å². The summed E-state index contributed by atoms with van der Waals surface area (Å²) in [6, 6.07) is 6.24. The molecule has 0 aromatic carbocycles. The van der Waals surface area contributed by atoms with Crippen LogP contribution in [0, 0.1) is 20.8 Å². The van der Waals surface area contributed by atoms with Gasteiger partial charge in [-0.3, -0.25) is 9.97 Å². The Kier molecular flexibility index (Phi) is 3.38. The quantitative estimate of drug-likeness (QED) is 0.875. The number of aromatic nitrogens is 2. The molecule has 0 aliphatic rings. The number of hydrogen-bond acceptors (Lipinski definition) is 3. The zero-order valence-corrected chi connectivity index (χ0v) is 10.5. The number of nitrogens with zero attached hydrogens (tertiary/aromatic N) is 2. The summed E-state index contributed by atoms with van der Waals surface area (Å²) < 4.78 is 0. The van der Waals surface area contributed by atoms with E-state index in [1.165, 1.54) is 11.1 Å². The summed E-state index contributed by atoms with van der Waals surface area (Å²) in [5.41, 5.74) is 5.58. The summed E-state index contributed by atoms with van der Waals surface area (Å²) in [7, 11) is 0. The van der Waals surface area contributed by atoms with Crippen LogP contribution in [0.1, 0.15) is 22.5 Å². The van der Waals surface area contributed by atoms with Gasteiger partial charge in [0.15, 0.2) is 0 Å². The Balaban J connectivity index is 2.09. The first kappa shape index (κ1) is 11.6. The molecule has 2 aromatic heterocycles. The fourth-order valence-electron chi connectivity index (χ4n) is 1.73. The summed E-state index contributed by atoms with van der Waals surface area (Å²) in [4.78, 5) is 8.52. The maximum Gasteiger partial charge on any atom is 0.0604 e. The van der Waals surface area contributed by atoms with E-state index in [4.69, 9.17) is 0 Å². The Labute approximate surface area is 102 Å². The van der Waals surface area contributed by atoms with E-state index >= 15 is 0 Å². The highest BCUT2D eigenvalue weighted by Crippen LogP contribution is 2.14. The second-order valence-corrected chi connectivity index (χ2v) is 4.30. The lowest BCUT2D eigenvalue weighted by molar-refractivity contribution is 1.07. The molecule has 0 saturated carbocycles.